The number of carbonyl (C=O) groups excluding carboxylic acids is 2. The van der Waals surface area contributed by atoms with Gasteiger partial charge in [-0.3, -0.25) is 9.59 Å². The first kappa shape index (κ1) is 13.4. The van der Waals surface area contributed by atoms with Gasteiger partial charge in [-0.05, 0) is 49.2 Å². The van der Waals surface area contributed by atoms with Gasteiger partial charge in [0.1, 0.15) is 5.58 Å². The maximum Gasteiger partial charge on any atom is 0.227 e. The molecule has 2 heterocycles. The predicted molar refractivity (Wildman–Crippen MR) is 80.5 cm³/mol. The lowest BCUT2D eigenvalue weighted by Gasteiger charge is -2.06. The van der Waals surface area contributed by atoms with Crippen LogP contribution in [0.25, 0.3) is 22.2 Å². The van der Waals surface area contributed by atoms with Crippen molar-refractivity contribution in [3.05, 3.63) is 47.3 Å². The summed E-state index contributed by atoms with van der Waals surface area (Å²) in [7, 11) is 1.90. The molecule has 0 spiro atoms. The Morgan fingerprint density at radius 3 is 2.71 bits per heavy atom. The minimum Gasteiger partial charge on any atom is -0.464 e. The summed E-state index contributed by atoms with van der Waals surface area (Å²) >= 11 is 0. The molecule has 0 amide bonds. The summed E-state index contributed by atoms with van der Waals surface area (Å²) in [6.45, 7) is 3.72. The van der Waals surface area contributed by atoms with Crippen molar-refractivity contribution in [3.63, 3.8) is 0 Å². The fraction of sp³-hybridized carbons (Fsp3) is 0.176. The largest absolute Gasteiger partial charge is 0.464 e. The van der Waals surface area contributed by atoms with Crippen molar-refractivity contribution >= 4 is 23.0 Å². The molecule has 0 unspecified atom stereocenters. The molecule has 0 atom stereocenters. The molecule has 0 fully saturated rings. The number of aldehydes is 1. The van der Waals surface area contributed by atoms with Gasteiger partial charge in [-0.1, -0.05) is 0 Å². The van der Waals surface area contributed by atoms with Gasteiger partial charge in [0.05, 0.1) is 12.0 Å². The van der Waals surface area contributed by atoms with Crippen LogP contribution >= 0.6 is 0 Å². The molecule has 106 valence electrons. The van der Waals surface area contributed by atoms with Crippen molar-refractivity contribution in [2.24, 2.45) is 7.05 Å². The number of Topliss-reactive ketones (excluding diaryl/α,β-unsaturated/α-hetero) is 1. The number of carbonyl (C=O) groups is 2. The number of hydrogen-bond donors (Lipinski definition) is 0. The minimum atomic E-state index is -0.476. The van der Waals surface area contributed by atoms with Gasteiger partial charge in [-0.25, -0.2) is 0 Å². The van der Waals surface area contributed by atoms with Crippen LogP contribution in [0.2, 0.25) is 0 Å². The molecule has 2 aromatic heterocycles. The predicted octanol–water partition coefficient (Wildman–Crippen LogP) is 3.44. The normalized spacial score (nSPS) is 11.0. The Kier molecular flexibility index (Phi) is 3.01. The van der Waals surface area contributed by atoms with Crippen LogP contribution in [0.1, 0.15) is 21.6 Å². The summed E-state index contributed by atoms with van der Waals surface area (Å²) in [6, 6.07) is 7.80. The number of furan rings is 1. The molecule has 3 rings (SSSR count). The van der Waals surface area contributed by atoms with E-state index in [1.165, 1.54) is 0 Å². The molecule has 1 aromatic carbocycles. The quantitative estimate of drug-likeness (QED) is 0.420. The summed E-state index contributed by atoms with van der Waals surface area (Å²) in [5.41, 5.74) is 4.89. The van der Waals surface area contributed by atoms with Gasteiger partial charge < -0.3 is 8.98 Å². The van der Waals surface area contributed by atoms with Crippen LogP contribution in [0.3, 0.4) is 0 Å². The van der Waals surface area contributed by atoms with Gasteiger partial charge in [0.2, 0.25) is 5.78 Å². The molecule has 0 bridgehead atoms. The molecular weight excluding hydrogens is 266 g/mol. The lowest BCUT2D eigenvalue weighted by Crippen LogP contribution is -2.03. The van der Waals surface area contributed by atoms with Crippen LogP contribution in [0.4, 0.5) is 0 Å². The fourth-order valence-electron chi connectivity index (χ4n) is 2.92. The number of ketones is 1. The van der Waals surface area contributed by atoms with E-state index in [0.29, 0.717) is 11.8 Å². The summed E-state index contributed by atoms with van der Waals surface area (Å²) in [5, 5.41) is 1.01. The second-order valence-corrected chi connectivity index (χ2v) is 5.15. The van der Waals surface area contributed by atoms with Crippen molar-refractivity contribution in [1.82, 2.24) is 4.57 Å². The highest BCUT2D eigenvalue weighted by Crippen LogP contribution is 2.32. The molecule has 0 saturated carbocycles. The number of benzene rings is 1. The van der Waals surface area contributed by atoms with E-state index in [1.54, 1.807) is 6.26 Å². The van der Waals surface area contributed by atoms with Gasteiger partial charge in [0.15, 0.2) is 6.29 Å². The number of nitrogens with zero attached hydrogens (tertiary/aromatic N) is 1. The second-order valence-electron chi connectivity index (χ2n) is 5.15. The molecule has 4 nitrogen and oxygen atoms in total. The highest BCUT2D eigenvalue weighted by molar-refractivity contribution is 6.34. The van der Waals surface area contributed by atoms with Gasteiger partial charge in [-0.2, -0.15) is 0 Å². The van der Waals surface area contributed by atoms with Crippen LogP contribution in [0.5, 0.6) is 0 Å². The van der Waals surface area contributed by atoms with E-state index in [0.717, 1.165) is 33.5 Å². The lowest BCUT2D eigenvalue weighted by molar-refractivity contribution is -0.104. The maximum absolute atomic E-state index is 11.8. The Balaban J connectivity index is 2.26. The molecule has 0 aliphatic heterocycles. The van der Waals surface area contributed by atoms with Crippen molar-refractivity contribution in [2.75, 3.05) is 0 Å². The number of rotatable bonds is 3. The molecule has 21 heavy (non-hydrogen) atoms. The van der Waals surface area contributed by atoms with Gasteiger partial charge in [0, 0.05) is 23.7 Å². The minimum absolute atomic E-state index is 0.373. The molecule has 4 heteroatoms. The SMILES string of the molecule is Cc1c(C(=O)C=O)c(C)n(C)c1-c1ccc2occc2c1. The zero-order chi connectivity index (χ0) is 15.1. The summed E-state index contributed by atoms with van der Waals surface area (Å²) in [5.74, 6) is -0.476. The Bertz CT molecular complexity index is 868. The van der Waals surface area contributed by atoms with Crippen molar-refractivity contribution in [1.29, 1.82) is 0 Å². The van der Waals surface area contributed by atoms with E-state index in [9.17, 15) is 9.59 Å². The average molecular weight is 281 g/mol. The number of hydrogen-bond acceptors (Lipinski definition) is 3. The first-order valence-electron chi connectivity index (χ1n) is 6.67. The third kappa shape index (κ3) is 1.91. The Labute approximate surface area is 122 Å². The molecule has 0 radical (unpaired) electrons. The Hall–Kier alpha value is -2.62. The summed E-state index contributed by atoms with van der Waals surface area (Å²) in [6.07, 6.45) is 2.03. The molecule has 0 saturated heterocycles. The van der Waals surface area contributed by atoms with E-state index < -0.39 is 5.78 Å². The van der Waals surface area contributed by atoms with E-state index in [1.807, 2.05) is 49.7 Å². The van der Waals surface area contributed by atoms with E-state index in [-0.39, 0.29) is 0 Å². The van der Waals surface area contributed by atoms with Crippen LogP contribution in [-0.4, -0.2) is 16.6 Å². The van der Waals surface area contributed by atoms with Crippen molar-refractivity contribution in [3.8, 4) is 11.3 Å². The highest BCUT2D eigenvalue weighted by atomic mass is 16.3. The Morgan fingerprint density at radius 2 is 2.00 bits per heavy atom. The maximum atomic E-state index is 11.8. The third-order valence-electron chi connectivity index (χ3n) is 4.01. The summed E-state index contributed by atoms with van der Waals surface area (Å²) in [4.78, 5) is 22.7. The van der Waals surface area contributed by atoms with E-state index >= 15 is 0 Å². The highest BCUT2D eigenvalue weighted by Gasteiger charge is 2.21. The first-order valence-corrected chi connectivity index (χ1v) is 6.67. The van der Waals surface area contributed by atoms with E-state index in [4.69, 9.17) is 4.42 Å². The van der Waals surface area contributed by atoms with Crippen LogP contribution in [0, 0.1) is 13.8 Å². The molecule has 0 N–H and O–H groups in total. The molecular formula is C17H15NO3. The van der Waals surface area contributed by atoms with Gasteiger partial charge in [-0.15, -0.1) is 0 Å². The van der Waals surface area contributed by atoms with Crippen LogP contribution in [-0.2, 0) is 11.8 Å². The number of aromatic nitrogens is 1. The van der Waals surface area contributed by atoms with Crippen molar-refractivity contribution < 1.29 is 14.0 Å². The second kappa shape index (κ2) is 4.74. The molecule has 3 aromatic rings. The third-order valence-corrected chi connectivity index (χ3v) is 4.01. The standard InChI is InChI=1S/C17H15NO3/c1-10-16(14(20)9-19)11(2)18(3)17(10)13-4-5-15-12(8-13)6-7-21-15/h4-9H,1-3H3. The number of fused-ring (bicyclic) bond motifs is 1. The molecule has 0 aliphatic carbocycles. The monoisotopic (exact) mass is 281 g/mol. The van der Waals surface area contributed by atoms with E-state index in [2.05, 4.69) is 0 Å². The van der Waals surface area contributed by atoms with Crippen LogP contribution < -0.4 is 0 Å². The summed E-state index contributed by atoms with van der Waals surface area (Å²) < 4.78 is 7.30. The van der Waals surface area contributed by atoms with Gasteiger partial charge >= 0.3 is 0 Å². The lowest BCUT2D eigenvalue weighted by atomic mass is 10.0. The zero-order valence-electron chi connectivity index (χ0n) is 12.1. The zero-order valence-corrected chi connectivity index (χ0v) is 12.1. The Morgan fingerprint density at radius 1 is 1.24 bits per heavy atom. The average Bonchev–Trinajstić information content (AvgIpc) is 3.02. The molecule has 0 aliphatic rings. The van der Waals surface area contributed by atoms with Gasteiger partial charge in [0.25, 0.3) is 0 Å². The van der Waals surface area contributed by atoms with Crippen molar-refractivity contribution in [2.45, 2.75) is 13.8 Å². The smallest absolute Gasteiger partial charge is 0.227 e. The fourth-order valence-corrected chi connectivity index (χ4v) is 2.92. The van der Waals surface area contributed by atoms with Crippen LogP contribution in [0.15, 0.2) is 34.9 Å². The topological polar surface area (TPSA) is 52.2 Å². The first-order chi connectivity index (χ1) is 10.0.